The summed E-state index contributed by atoms with van der Waals surface area (Å²) in [5.41, 5.74) is 3.24. The van der Waals surface area contributed by atoms with Crippen LogP contribution in [0.15, 0.2) is 42.6 Å². The minimum absolute atomic E-state index is 0.391. The Morgan fingerprint density at radius 2 is 2.00 bits per heavy atom. The number of halogens is 2. The van der Waals surface area contributed by atoms with Crippen LogP contribution in [0.1, 0.15) is 18.6 Å². The zero-order chi connectivity index (χ0) is 13.8. The minimum atomic E-state index is -0.606. The van der Waals surface area contributed by atoms with Crippen molar-refractivity contribution in [2.45, 2.75) is 13.0 Å². The lowest BCUT2D eigenvalue weighted by molar-refractivity contribution is 0.118. The molecule has 0 spiro atoms. The molecule has 6 heteroatoms. The summed E-state index contributed by atoms with van der Waals surface area (Å²) in [7, 11) is 0. The summed E-state index contributed by atoms with van der Waals surface area (Å²) in [5, 5.41) is 0.948. The SMILES string of the molecule is CC(OC(=O)Nn1cccc1Cl)c1ccccc1Cl. The molecule has 0 aliphatic carbocycles. The van der Waals surface area contributed by atoms with Gasteiger partial charge in [-0.25, -0.2) is 14.9 Å². The summed E-state index contributed by atoms with van der Waals surface area (Å²) in [6.07, 6.45) is 0.553. The van der Waals surface area contributed by atoms with Gasteiger partial charge in [0.15, 0.2) is 0 Å². The van der Waals surface area contributed by atoms with Crippen molar-refractivity contribution >= 4 is 29.3 Å². The Bertz CT molecular complexity index is 584. The van der Waals surface area contributed by atoms with Crippen molar-refractivity contribution in [2.75, 3.05) is 5.43 Å². The van der Waals surface area contributed by atoms with E-state index in [9.17, 15) is 4.79 Å². The molecule has 1 aromatic heterocycles. The average Bonchev–Trinajstić information content (AvgIpc) is 2.75. The van der Waals surface area contributed by atoms with Crippen molar-refractivity contribution in [3.05, 3.63) is 58.3 Å². The molecule has 4 nitrogen and oxygen atoms in total. The van der Waals surface area contributed by atoms with Crippen LogP contribution in [0.5, 0.6) is 0 Å². The first kappa shape index (κ1) is 13.8. The first-order chi connectivity index (χ1) is 9.08. The van der Waals surface area contributed by atoms with E-state index in [1.165, 1.54) is 4.68 Å². The lowest BCUT2D eigenvalue weighted by Gasteiger charge is -2.16. The van der Waals surface area contributed by atoms with Crippen molar-refractivity contribution in [3.63, 3.8) is 0 Å². The van der Waals surface area contributed by atoms with Crippen LogP contribution in [-0.4, -0.2) is 10.8 Å². The Labute approximate surface area is 120 Å². The number of hydrogen-bond donors (Lipinski definition) is 1. The third-order valence-corrected chi connectivity index (χ3v) is 3.19. The van der Waals surface area contributed by atoms with E-state index in [0.717, 1.165) is 5.56 Å². The Hall–Kier alpha value is -1.65. The molecule has 0 aliphatic rings. The summed E-state index contributed by atoms with van der Waals surface area (Å²) < 4.78 is 6.60. The highest BCUT2D eigenvalue weighted by atomic mass is 35.5. The number of rotatable bonds is 3. The van der Waals surface area contributed by atoms with E-state index < -0.39 is 12.2 Å². The lowest BCUT2D eigenvalue weighted by atomic mass is 10.1. The molecule has 1 atom stereocenters. The standard InChI is InChI=1S/C13H12Cl2N2O2/c1-9(10-5-2-3-6-11(10)14)19-13(18)16-17-8-4-7-12(17)15/h2-9H,1H3,(H,16,18). The van der Waals surface area contributed by atoms with Gasteiger partial charge in [0.1, 0.15) is 11.3 Å². The third kappa shape index (κ3) is 3.43. The van der Waals surface area contributed by atoms with Crippen LogP contribution in [-0.2, 0) is 4.74 Å². The first-order valence-electron chi connectivity index (χ1n) is 5.63. The number of nitrogens with zero attached hydrogens (tertiary/aromatic N) is 1. The zero-order valence-corrected chi connectivity index (χ0v) is 11.7. The van der Waals surface area contributed by atoms with E-state index in [-0.39, 0.29) is 0 Å². The van der Waals surface area contributed by atoms with Crippen molar-refractivity contribution < 1.29 is 9.53 Å². The molecule has 2 rings (SSSR count). The van der Waals surface area contributed by atoms with Gasteiger partial charge in [0.2, 0.25) is 0 Å². The van der Waals surface area contributed by atoms with Crippen LogP contribution in [0.4, 0.5) is 4.79 Å². The van der Waals surface area contributed by atoms with Gasteiger partial charge < -0.3 is 4.74 Å². The molecular formula is C13H12Cl2N2O2. The van der Waals surface area contributed by atoms with Crippen molar-refractivity contribution in [1.29, 1.82) is 0 Å². The highest BCUT2D eigenvalue weighted by molar-refractivity contribution is 6.31. The maximum Gasteiger partial charge on any atom is 0.427 e. The molecule has 1 unspecified atom stereocenters. The number of ether oxygens (including phenoxy) is 1. The Morgan fingerprint density at radius 3 is 2.63 bits per heavy atom. The zero-order valence-electron chi connectivity index (χ0n) is 10.1. The quantitative estimate of drug-likeness (QED) is 0.921. The molecule has 1 heterocycles. The van der Waals surface area contributed by atoms with Gasteiger partial charge in [0.05, 0.1) is 0 Å². The molecule has 2 aromatic rings. The van der Waals surface area contributed by atoms with Crippen LogP contribution in [0.2, 0.25) is 10.2 Å². The maximum atomic E-state index is 11.7. The third-order valence-electron chi connectivity index (χ3n) is 2.54. The summed E-state index contributed by atoms with van der Waals surface area (Å²) >= 11 is 11.9. The van der Waals surface area contributed by atoms with E-state index in [2.05, 4.69) is 5.43 Å². The maximum absolute atomic E-state index is 11.7. The van der Waals surface area contributed by atoms with Crippen LogP contribution < -0.4 is 5.43 Å². The summed E-state index contributed by atoms with van der Waals surface area (Å²) in [5.74, 6) is 0. The average molecular weight is 299 g/mol. The number of amides is 1. The van der Waals surface area contributed by atoms with Crippen LogP contribution in [0, 0.1) is 0 Å². The van der Waals surface area contributed by atoms with Gasteiger partial charge in [-0.2, -0.15) is 0 Å². The van der Waals surface area contributed by atoms with E-state index in [1.54, 1.807) is 31.3 Å². The summed E-state index contributed by atoms with van der Waals surface area (Å²) in [4.78, 5) is 11.7. The predicted octanol–water partition coefficient (Wildman–Crippen LogP) is 4.24. The number of nitrogens with one attached hydrogen (secondary N) is 1. The van der Waals surface area contributed by atoms with Gasteiger partial charge in [-0.05, 0) is 25.1 Å². The molecule has 1 N–H and O–H groups in total. The van der Waals surface area contributed by atoms with E-state index in [4.69, 9.17) is 27.9 Å². The highest BCUT2D eigenvalue weighted by Gasteiger charge is 2.14. The first-order valence-corrected chi connectivity index (χ1v) is 6.38. The predicted molar refractivity (Wildman–Crippen MR) is 75.2 cm³/mol. The number of carbonyl (C=O) groups excluding carboxylic acids is 1. The van der Waals surface area contributed by atoms with E-state index in [1.807, 2.05) is 18.2 Å². The van der Waals surface area contributed by atoms with Crippen LogP contribution in [0.25, 0.3) is 0 Å². The molecule has 1 amide bonds. The summed E-state index contributed by atoms with van der Waals surface area (Å²) in [6, 6.07) is 10.6. The second kappa shape index (κ2) is 5.99. The van der Waals surface area contributed by atoms with Gasteiger partial charge in [-0.3, -0.25) is 0 Å². The van der Waals surface area contributed by atoms with Gasteiger partial charge in [-0.1, -0.05) is 41.4 Å². The molecule has 0 radical (unpaired) electrons. The molecule has 0 aliphatic heterocycles. The monoisotopic (exact) mass is 298 g/mol. The fourth-order valence-electron chi connectivity index (χ4n) is 1.60. The number of hydrogen-bond acceptors (Lipinski definition) is 2. The van der Waals surface area contributed by atoms with E-state index >= 15 is 0 Å². The molecule has 19 heavy (non-hydrogen) atoms. The second-order valence-corrected chi connectivity index (χ2v) is 4.68. The molecule has 100 valence electrons. The fraction of sp³-hybridized carbons (Fsp3) is 0.154. The lowest BCUT2D eigenvalue weighted by Crippen LogP contribution is -2.24. The van der Waals surface area contributed by atoms with Gasteiger partial charge in [0.25, 0.3) is 0 Å². The van der Waals surface area contributed by atoms with Crippen molar-refractivity contribution in [3.8, 4) is 0 Å². The molecule has 0 saturated heterocycles. The molecule has 0 saturated carbocycles. The Morgan fingerprint density at radius 1 is 1.26 bits per heavy atom. The number of aromatic nitrogens is 1. The Balaban J connectivity index is 2.00. The summed E-state index contributed by atoms with van der Waals surface area (Å²) in [6.45, 7) is 1.75. The van der Waals surface area contributed by atoms with Crippen LogP contribution >= 0.6 is 23.2 Å². The topological polar surface area (TPSA) is 43.3 Å². The second-order valence-electron chi connectivity index (χ2n) is 3.88. The minimum Gasteiger partial charge on any atom is -0.440 e. The molecule has 0 fully saturated rings. The number of benzene rings is 1. The van der Waals surface area contributed by atoms with E-state index in [0.29, 0.717) is 10.2 Å². The smallest absolute Gasteiger partial charge is 0.427 e. The Kier molecular flexibility index (Phi) is 4.35. The van der Waals surface area contributed by atoms with Gasteiger partial charge in [0, 0.05) is 16.8 Å². The highest BCUT2D eigenvalue weighted by Crippen LogP contribution is 2.25. The molecule has 0 bridgehead atoms. The molecule has 1 aromatic carbocycles. The van der Waals surface area contributed by atoms with Crippen molar-refractivity contribution in [2.24, 2.45) is 0 Å². The van der Waals surface area contributed by atoms with Crippen molar-refractivity contribution in [1.82, 2.24) is 4.68 Å². The fourth-order valence-corrected chi connectivity index (χ4v) is 2.06. The van der Waals surface area contributed by atoms with Crippen LogP contribution in [0.3, 0.4) is 0 Å². The normalized spacial score (nSPS) is 11.9. The largest absolute Gasteiger partial charge is 0.440 e. The van der Waals surface area contributed by atoms with Gasteiger partial charge in [-0.15, -0.1) is 0 Å². The van der Waals surface area contributed by atoms with Gasteiger partial charge >= 0.3 is 6.09 Å². The number of carbonyl (C=O) groups is 1. The molecular weight excluding hydrogens is 287 g/mol.